The molecule has 0 saturated carbocycles. The first-order valence-corrected chi connectivity index (χ1v) is 5.92. The molecule has 0 bridgehead atoms. The first kappa shape index (κ1) is 14.8. The Labute approximate surface area is 98.2 Å². The maximum absolute atomic E-state index is 11.2. The highest BCUT2D eigenvalue weighted by Gasteiger charge is 2.16. The maximum atomic E-state index is 11.2. The number of carboxylic acids is 1. The summed E-state index contributed by atoms with van der Waals surface area (Å²) in [6.45, 7) is 3.69. The number of thioether (sulfide) groups is 1. The van der Waals surface area contributed by atoms with Crippen LogP contribution in [0.3, 0.4) is 0 Å². The second kappa shape index (κ2) is 7.98. The number of carboxylic acid groups (broad SMARTS) is 1. The van der Waals surface area contributed by atoms with Crippen LogP contribution in [0.25, 0.3) is 0 Å². The molecular formula is C9H16N2O4S. The number of carbonyl (C=O) groups is 3. The number of amides is 2. The summed E-state index contributed by atoms with van der Waals surface area (Å²) in [5.41, 5.74) is 0. The molecule has 7 heteroatoms. The van der Waals surface area contributed by atoms with Gasteiger partial charge >= 0.3 is 5.97 Å². The Bertz CT molecular complexity index is 258. The molecule has 0 aliphatic heterocycles. The van der Waals surface area contributed by atoms with E-state index in [9.17, 15) is 14.4 Å². The zero-order valence-electron chi connectivity index (χ0n) is 9.23. The smallest absolute Gasteiger partial charge is 0.327 e. The molecule has 0 fully saturated rings. The topological polar surface area (TPSA) is 95.5 Å². The van der Waals surface area contributed by atoms with Crippen molar-refractivity contribution < 1.29 is 19.5 Å². The van der Waals surface area contributed by atoms with Crippen molar-refractivity contribution in [3.63, 3.8) is 0 Å². The molecule has 3 N–H and O–H groups in total. The summed E-state index contributed by atoms with van der Waals surface area (Å²) in [5.74, 6) is -0.902. The van der Waals surface area contributed by atoms with E-state index in [2.05, 4.69) is 10.6 Å². The highest BCUT2D eigenvalue weighted by Crippen LogP contribution is 2.03. The van der Waals surface area contributed by atoms with E-state index in [-0.39, 0.29) is 23.5 Å². The highest BCUT2D eigenvalue weighted by molar-refractivity contribution is 8.00. The molecule has 1 atom stereocenters. The predicted molar refractivity (Wildman–Crippen MR) is 61.2 cm³/mol. The quantitative estimate of drug-likeness (QED) is 0.501. The maximum Gasteiger partial charge on any atom is 0.327 e. The third-order valence-corrected chi connectivity index (χ3v) is 2.57. The number of nitrogens with one attached hydrogen (secondary N) is 2. The fourth-order valence-electron chi connectivity index (χ4n) is 0.906. The van der Waals surface area contributed by atoms with Crippen LogP contribution in [-0.4, -0.2) is 47.0 Å². The van der Waals surface area contributed by atoms with Crippen LogP contribution >= 0.6 is 11.8 Å². The molecule has 0 aromatic rings. The van der Waals surface area contributed by atoms with Crippen molar-refractivity contribution in [3.8, 4) is 0 Å². The molecule has 1 unspecified atom stereocenters. The van der Waals surface area contributed by atoms with E-state index in [1.165, 1.54) is 11.8 Å². The van der Waals surface area contributed by atoms with Gasteiger partial charge in [0.2, 0.25) is 12.3 Å². The predicted octanol–water partition coefficient (Wildman–Crippen LogP) is -0.557. The molecule has 0 aliphatic carbocycles. The van der Waals surface area contributed by atoms with Gasteiger partial charge in [0.1, 0.15) is 6.04 Å². The molecule has 0 spiro atoms. The summed E-state index contributed by atoms with van der Waals surface area (Å²) in [6.07, 6.45) is 0.341. The number of carbonyl (C=O) groups excluding carboxylic acids is 2. The Morgan fingerprint density at radius 2 is 2.06 bits per heavy atom. The van der Waals surface area contributed by atoms with Crippen LogP contribution in [0.1, 0.15) is 13.8 Å². The Morgan fingerprint density at radius 1 is 1.44 bits per heavy atom. The minimum atomic E-state index is -1.11. The molecule has 0 aromatic carbocycles. The molecular weight excluding hydrogens is 232 g/mol. The molecule has 0 heterocycles. The van der Waals surface area contributed by atoms with Crippen LogP contribution in [0.5, 0.6) is 0 Å². The standard InChI is InChI=1S/C9H16N2O4S/c1-6(2)11-8(13)4-16-3-7(9(14)15)10-5-12/h5-7H,3-4H2,1-2H3,(H,10,12)(H,11,13)(H,14,15). The molecule has 0 aromatic heterocycles. The van der Waals surface area contributed by atoms with E-state index >= 15 is 0 Å². The number of aliphatic carboxylic acids is 1. The van der Waals surface area contributed by atoms with Gasteiger partial charge in [0, 0.05) is 11.8 Å². The average Bonchev–Trinajstić information content (AvgIpc) is 2.15. The van der Waals surface area contributed by atoms with Crippen molar-refractivity contribution in [2.24, 2.45) is 0 Å². The second-order valence-electron chi connectivity index (χ2n) is 3.41. The van der Waals surface area contributed by atoms with Gasteiger partial charge in [-0.15, -0.1) is 11.8 Å². The van der Waals surface area contributed by atoms with Gasteiger partial charge < -0.3 is 15.7 Å². The first-order valence-electron chi connectivity index (χ1n) is 4.77. The SMILES string of the molecule is CC(C)NC(=O)CSCC(NC=O)C(=O)O. The van der Waals surface area contributed by atoms with Gasteiger partial charge in [-0.3, -0.25) is 9.59 Å². The molecule has 0 aliphatic rings. The molecule has 2 amide bonds. The minimum Gasteiger partial charge on any atom is -0.480 e. The monoisotopic (exact) mass is 248 g/mol. The third-order valence-electron chi connectivity index (χ3n) is 1.53. The zero-order valence-corrected chi connectivity index (χ0v) is 10.0. The van der Waals surface area contributed by atoms with Gasteiger partial charge in [-0.25, -0.2) is 4.79 Å². The van der Waals surface area contributed by atoms with Crippen LogP contribution in [0, 0.1) is 0 Å². The Kier molecular flexibility index (Phi) is 7.36. The molecule has 0 radical (unpaired) electrons. The van der Waals surface area contributed by atoms with Crippen molar-refractivity contribution in [3.05, 3.63) is 0 Å². The molecule has 92 valence electrons. The zero-order chi connectivity index (χ0) is 12.6. The van der Waals surface area contributed by atoms with Gasteiger partial charge in [0.15, 0.2) is 0 Å². The second-order valence-corrected chi connectivity index (χ2v) is 4.44. The van der Waals surface area contributed by atoms with E-state index in [0.717, 1.165) is 0 Å². The van der Waals surface area contributed by atoms with E-state index in [1.807, 2.05) is 13.8 Å². The van der Waals surface area contributed by atoms with E-state index < -0.39 is 12.0 Å². The lowest BCUT2D eigenvalue weighted by atomic mass is 10.3. The van der Waals surface area contributed by atoms with Crippen molar-refractivity contribution >= 4 is 30.0 Å². The van der Waals surface area contributed by atoms with Gasteiger partial charge in [-0.1, -0.05) is 0 Å². The summed E-state index contributed by atoms with van der Waals surface area (Å²) < 4.78 is 0. The highest BCUT2D eigenvalue weighted by atomic mass is 32.2. The molecule has 16 heavy (non-hydrogen) atoms. The largest absolute Gasteiger partial charge is 0.480 e. The first-order chi connectivity index (χ1) is 7.47. The normalized spacial score (nSPS) is 11.9. The van der Waals surface area contributed by atoms with Crippen LogP contribution in [0.2, 0.25) is 0 Å². The van der Waals surface area contributed by atoms with E-state index in [0.29, 0.717) is 6.41 Å². The van der Waals surface area contributed by atoms with Crippen LogP contribution in [-0.2, 0) is 14.4 Å². The molecule has 0 rings (SSSR count). The summed E-state index contributed by atoms with van der Waals surface area (Å²) in [4.78, 5) is 31.9. The van der Waals surface area contributed by atoms with Crippen LogP contribution in [0.4, 0.5) is 0 Å². The fourth-order valence-corrected chi connectivity index (χ4v) is 1.77. The van der Waals surface area contributed by atoms with Gasteiger partial charge in [0.25, 0.3) is 0 Å². The Morgan fingerprint density at radius 3 is 2.50 bits per heavy atom. The summed E-state index contributed by atoms with van der Waals surface area (Å²) in [5, 5.41) is 13.5. The van der Waals surface area contributed by atoms with Gasteiger partial charge in [-0.2, -0.15) is 0 Å². The number of hydrogen-bond acceptors (Lipinski definition) is 4. The van der Waals surface area contributed by atoms with Gasteiger partial charge in [-0.05, 0) is 13.8 Å². The summed E-state index contributed by atoms with van der Waals surface area (Å²) >= 11 is 1.17. The Balaban J connectivity index is 3.81. The van der Waals surface area contributed by atoms with E-state index in [4.69, 9.17) is 5.11 Å². The van der Waals surface area contributed by atoms with Crippen molar-refractivity contribution in [2.75, 3.05) is 11.5 Å². The van der Waals surface area contributed by atoms with Crippen LogP contribution in [0.15, 0.2) is 0 Å². The van der Waals surface area contributed by atoms with Crippen molar-refractivity contribution in [2.45, 2.75) is 25.9 Å². The lowest BCUT2D eigenvalue weighted by Gasteiger charge is -2.11. The lowest BCUT2D eigenvalue weighted by molar-refractivity contribution is -0.139. The van der Waals surface area contributed by atoms with Crippen LogP contribution < -0.4 is 10.6 Å². The lowest BCUT2D eigenvalue weighted by Crippen LogP contribution is -2.38. The minimum absolute atomic E-state index is 0.0662. The van der Waals surface area contributed by atoms with Crippen molar-refractivity contribution in [1.29, 1.82) is 0 Å². The van der Waals surface area contributed by atoms with E-state index in [1.54, 1.807) is 0 Å². The van der Waals surface area contributed by atoms with Gasteiger partial charge in [0.05, 0.1) is 5.75 Å². The molecule has 0 saturated heterocycles. The summed E-state index contributed by atoms with van der Waals surface area (Å²) in [7, 11) is 0. The summed E-state index contributed by atoms with van der Waals surface area (Å²) in [6, 6.07) is -0.883. The number of hydrogen-bond donors (Lipinski definition) is 3. The fraction of sp³-hybridized carbons (Fsp3) is 0.667. The average molecular weight is 248 g/mol. The number of rotatable bonds is 8. The molecule has 6 nitrogen and oxygen atoms in total. The third kappa shape index (κ3) is 7.10. The Hall–Kier alpha value is -1.24. The van der Waals surface area contributed by atoms with Crippen molar-refractivity contribution in [1.82, 2.24) is 10.6 Å².